The van der Waals surface area contributed by atoms with Gasteiger partial charge in [-0.15, -0.1) is 0 Å². The molecular weight excluding hydrogens is 276 g/mol. The van der Waals surface area contributed by atoms with E-state index in [1.807, 2.05) is 6.92 Å². The van der Waals surface area contributed by atoms with Gasteiger partial charge in [-0.05, 0) is 25.1 Å². The second-order valence-electron chi connectivity index (χ2n) is 4.54. The van der Waals surface area contributed by atoms with Crippen LogP contribution in [0.3, 0.4) is 0 Å². The summed E-state index contributed by atoms with van der Waals surface area (Å²) in [7, 11) is 0. The smallest absolute Gasteiger partial charge is 0.342 e. The maximum absolute atomic E-state index is 11.1. The highest BCUT2D eigenvalue weighted by atomic mass is 16.6. The minimum atomic E-state index is -1.33. The normalized spacial score (nSPS) is 11.9. The van der Waals surface area contributed by atoms with Crippen LogP contribution >= 0.6 is 0 Å². The average molecular weight is 290 g/mol. The SMILES string of the molecule is CC(Cn1cccn1)Nc1cccc(C(=O)O)c1[N+](=O)[O-]. The van der Waals surface area contributed by atoms with Crippen molar-refractivity contribution in [3.8, 4) is 0 Å². The number of benzene rings is 1. The summed E-state index contributed by atoms with van der Waals surface area (Å²) in [5, 5.41) is 27.2. The van der Waals surface area contributed by atoms with E-state index in [0.717, 1.165) is 0 Å². The van der Waals surface area contributed by atoms with E-state index in [1.165, 1.54) is 18.2 Å². The van der Waals surface area contributed by atoms with E-state index < -0.39 is 16.6 Å². The predicted molar refractivity (Wildman–Crippen MR) is 75.4 cm³/mol. The molecule has 21 heavy (non-hydrogen) atoms. The Morgan fingerprint density at radius 1 is 1.52 bits per heavy atom. The van der Waals surface area contributed by atoms with Crippen molar-refractivity contribution in [3.63, 3.8) is 0 Å². The van der Waals surface area contributed by atoms with E-state index in [-0.39, 0.29) is 17.3 Å². The Kier molecular flexibility index (Phi) is 4.17. The van der Waals surface area contributed by atoms with Crippen molar-refractivity contribution < 1.29 is 14.8 Å². The van der Waals surface area contributed by atoms with Gasteiger partial charge in [0.1, 0.15) is 11.3 Å². The third-order valence-corrected chi connectivity index (χ3v) is 2.87. The molecule has 0 saturated carbocycles. The summed E-state index contributed by atoms with van der Waals surface area (Å²) in [6.45, 7) is 2.33. The highest BCUT2D eigenvalue weighted by molar-refractivity contribution is 5.95. The highest BCUT2D eigenvalue weighted by Crippen LogP contribution is 2.29. The van der Waals surface area contributed by atoms with Crippen molar-refractivity contribution in [2.75, 3.05) is 5.32 Å². The molecule has 0 spiro atoms. The number of hydrogen-bond donors (Lipinski definition) is 2. The summed E-state index contributed by atoms with van der Waals surface area (Å²) in [4.78, 5) is 21.5. The molecule has 0 fully saturated rings. The molecule has 1 heterocycles. The monoisotopic (exact) mass is 290 g/mol. The largest absolute Gasteiger partial charge is 0.477 e. The molecule has 1 aromatic carbocycles. The first-order valence-electron chi connectivity index (χ1n) is 6.23. The Balaban J connectivity index is 2.25. The fourth-order valence-corrected chi connectivity index (χ4v) is 2.03. The van der Waals surface area contributed by atoms with Gasteiger partial charge in [-0.3, -0.25) is 14.8 Å². The van der Waals surface area contributed by atoms with Crippen LogP contribution in [0, 0.1) is 10.1 Å². The topological polar surface area (TPSA) is 110 Å². The van der Waals surface area contributed by atoms with Crippen LogP contribution in [0.25, 0.3) is 0 Å². The van der Waals surface area contributed by atoms with E-state index >= 15 is 0 Å². The van der Waals surface area contributed by atoms with E-state index in [9.17, 15) is 14.9 Å². The quantitative estimate of drug-likeness (QED) is 0.621. The van der Waals surface area contributed by atoms with Gasteiger partial charge in [-0.1, -0.05) is 6.07 Å². The first-order chi connectivity index (χ1) is 9.99. The van der Waals surface area contributed by atoms with Crippen molar-refractivity contribution in [1.82, 2.24) is 9.78 Å². The number of aromatic nitrogens is 2. The lowest BCUT2D eigenvalue weighted by Gasteiger charge is -2.15. The van der Waals surface area contributed by atoms with Crippen molar-refractivity contribution in [2.45, 2.75) is 19.5 Å². The van der Waals surface area contributed by atoms with Crippen LogP contribution in [0.2, 0.25) is 0 Å². The molecule has 0 aliphatic rings. The highest BCUT2D eigenvalue weighted by Gasteiger charge is 2.24. The molecule has 0 amide bonds. The maximum atomic E-state index is 11.1. The number of carboxylic acids is 1. The second kappa shape index (κ2) is 6.04. The minimum Gasteiger partial charge on any atom is -0.477 e. The number of nitrogens with one attached hydrogen (secondary N) is 1. The third kappa shape index (κ3) is 3.35. The van der Waals surface area contributed by atoms with Crippen LogP contribution in [0.4, 0.5) is 11.4 Å². The number of carbonyl (C=O) groups is 1. The lowest BCUT2D eigenvalue weighted by atomic mass is 10.1. The lowest BCUT2D eigenvalue weighted by molar-refractivity contribution is -0.384. The third-order valence-electron chi connectivity index (χ3n) is 2.87. The van der Waals surface area contributed by atoms with Crippen LogP contribution in [0.5, 0.6) is 0 Å². The number of hydrogen-bond acceptors (Lipinski definition) is 5. The molecule has 1 unspecified atom stereocenters. The molecule has 1 aromatic heterocycles. The van der Waals surface area contributed by atoms with Crippen LogP contribution in [-0.2, 0) is 6.54 Å². The number of nitro benzene ring substituents is 1. The number of aromatic carboxylic acids is 1. The molecular formula is C13H14N4O4. The zero-order valence-corrected chi connectivity index (χ0v) is 11.3. The van der Waals surface area contributed by atoms with Crippen LogP contribution in [-0.4, -0.2) is 31.8 Å². The molecule has 0 saturated heterocycles. The van der Waals surface area contributed by atoms with Crippen LogP contribution in [0.15, 0.2) is 36.7 Å². The van der Waals surface area contributed by atoms with E-state index in [0.29, 0.717) is 6.54 Å². The number of rotatable bonds is 6. The molecule has 8 heteroatoms. The molecule has 0 bridgehead atoms. The average Bonchev–Trinajstić information content (AvgIpc) is 2.90. The molecule has 0 radical (unpaired) electrons. The van der Waals surface area contributed by atoms with Crippen molar-refractivity contribution in [3.05, 3.63) is 52.3 Å². The van der Waals surface area contributed by atoms with Gasteiger partial charge in [-0.25, -0.2) is 4.79 Å². The summed E-state index contributed by atoms with van der Waals surface area (Å²) in [6.07, 6.45) is 3.42. The molecule has 0 aliphatic heterocycles. The minimum absolute atomic E-state index is 0.160. The van der Waals surface area contributed by atoms with Gasteiger partial charge in [0, 0.05) is 18.4 Å². The first-order valence-corrected chi connectivity index (χ1v) is 6.23. The summed E-state index contributed by atoms with van der Waals surface area (Å²) in [5.41, 5.74) is -0.590. The van der Waals surface area contributed by atoms with E-state index in [1.54, 1.807) is 23.1 Å². The van der Waals surface area contributed by atoms with E-state index in [2.05, 4.69) is 10.4 Å². The summed E-state index contributed by atoms with van der Waals surface area (Å²) in [5.74, 6) is -1.33. The standard InChI is InChI=1S/C13H14N4O4/c1-9(8-16-7-3-6-14-16)15-11-5-2-4-10(13(18)19)12(11)17(20)21/h2-7,9,15H,8H2,1H3,(H,18,19). The lowest BCUT2D eigenvalue weighted by Crippen LogP contribution is -2.23. The first kappa shape index (κ1) is 14.5. The molecule has 2 N–H and O–H groups in total. The van der Waals surface area contributed by atoms with E-state index in [4.69, 9.17) is 5.11 Å². The van der Waals surface area contributed by atoms with Crippen molar-refractivity contribution >= 4 is 17.3 Å². The number of para-hydroxylation sites is 1. The Morgan fingerprint density at radius 2 is 2.29 bits per heavy atom. The fourth-order valence-electron chi connectivity index (χ4n) is 2.03. The van der Waals surface area contributed by atoms with Crippen LogP contribution < -0.4 is 5.32 Å². The summed E-state index contributed by atoms with van der Waals surface area (Å²) >= 11 is 0. The van der Waals surface area contributed by atoms with Gasteiger partial charge in [0.15, 0.2) is 0 Å². The second-order valence-corrected chi connectivity index (χ2v) is 4.54. The van der Waals surface area contributed by atoms with Gasteiger partial charge in [0.05, 0.1) is 11.5 Å². The molecule has 110 valence electrons. The zero-order chi connectivity index (χ0) is 15.4. The molecule has 8 nitrogen and oxygen atoms in total. The Morgan fingerprint density at radius 3 is 2.86 bits per heavy atom. The molecule has 0 aliphatic carbocycles. The summed E-state index contributed by atoms with van der Waals surface area (Å²) < 4.78 is 1.69. The maximum Gasteiger partial charge on any atom is 0.342 e. The predicted octanol–water partition coefficient (Wildman–Crippen LogP) is 1.99. The molecule has 2 rings (SSSR count). The summed E-state index contributed by atoms with van der Waals surface area (Å²) in [6, 6.07) is 5.79. The van der Waals surface area contributed by atoms with Crippen molar-refractivity contribution in [2.24, 2.45) is 0 Å². The number of anilines is 1. The van der Waals surface area contributed by atoms with Gasteiger partial charge >= 0.3 is 11.7 Å². The van der Waals surface area contributed by atoms with Crippen molar-refractivity contribution in [1.29, 1.82) is 0 Å². The van der Waals surface area contributed by atoms with Gasteiger partial charge < -0.3 is 10.4 Å². The Labute approximate surface area is 120 Å². The van der Waals surface area contributed by atoms with Gasteiger partial charge in [-0.2, -0.15) is 5.10 Å². The molecule has 1 atom stereocenters. The Hall–Kier alpha value is -2.90. The van der Waals surface area contributed by atoms with Crippen LogP contribution in [0.1, 0.15) is 17.3 Å². The van der Waals surface area contributed by atoms with Gasteiger partial charge in [0.2, 0.25) is 0 Å². The molecule has 2 aromatic rings. The van der Waals surface area contributed by atoms with Gasteiger partial charge in [0.25, 0.3) is 0 Å². The Bertz CT molecular complexity index is 654. The number of carboxylic acid groups (broad SMARTS) is 1. The number of nitro groups is 1. The zero-order valence-electron chi connectivity index (χ0n) is 11.3. The number of nitrogens with zero attached hydrogens (tertiary/aromatic N) is 3. The fraction of sp³-hybridized carbons (Fsp3) is 0.231.